The number of nitrogens with two attached hydrogens (primary N) is 1. The number of hydrogen-bond acceptors (Lipinski definition) is 3. The normalized spacial score (nSPS) is 11.2. The van der Waals surface area contributed by atoms with Gasteiger partial charge in [0.1, 0.15) is 5.69 Å². The number of hydrogen-bond donors (Lipinski definition) is 2. The molecule has 0 aliphatic carbocycles. The molecule has 0 saturated heterocycles. The van der Waals surface area contributed by atoms with Crippen molar-refractivity contribution >= 4 is 32.5 Å². The molecule has 3 N–H and O–H groups in total. The predicted octanol–water partition coefficient (Wildman–Crippen LogP) is 3.78. The van der Waals surface area contributed by atoms with Crippen molar-refractivity contribution < 1.29 is 8.78 Å². The first-order valence-corrected chi connectivity index (χ1v) is 6.24. The standard InChI is InChI=1S/C12H12BrF2N3/c1-2-6-3-7(13)4-8-9(18-16)5-10(12(14)15)17-11(6)8/h3-5,12H,2,16H2,1H3,(H,17,18). The summed E-state index contributed by atoms with van der Waals surface area (Å²) in [7, 11) is 0. The number of anilines is 1. The smallest absolute Gasteiger partial charge is 0.280 e. The van der Waals surface area contributed by atoms with Crippen LogP contribution in [0, 0.1) is 0 Å². The van der Waals surface area contributed by atoms with Crippen LogP contribution in [0.4, 0.5) is 14.5 Å². The van der Waals surface area contributed by atoms with E-state index in [1.807, 2.05) is 19.1 Å². The summed E-state index contributed by atoms with van der Waals surface area (Å²) in [5.41, 5.74) is 4.09. The molecule has 1 heterocycles. The first-order valence-electron chi connectivity index (χ1n) is 5.44. The maximum absolute atomic E-state index is 12.8. The molecule has 0 spiro atoms. The molecule has 0 amide bonds. The lowest BCUT2D eigenvalue weighted by Gasteiger charge is -2.12. The van der Waals surface area contributed by atoms with E-state index in [-0.39, 0.29) is 5.69 Å². The van der Waals surface area contributed by atoms with Crippen molar-refractivity contribution in [2.24, 2.45) is 5.84 Å². The molecule has 0 unspecified atom stereocenters. The minimum Gasteiger partial charge on any atom is -0.323 e. The summed E-state index contributed by atoms with van der Waals surface area (Å²) in [6.07, 6.45) is -1.91. The van der Waals surface area contributed by atoms with E-state index in [0.717, 1.165) is 15.4 Å². The molecule has 0 fully saturated rings. The van der Waals surface area contributed by atoms with Gasteiger partial charge >= 0.3 is 0 Å². The molecule has 0 aliphatic heterocycles. The topological polar surface area (TPSA) is 50.9 Å². The number of aryl methyl sites for hydroxylation is 1. The van der Waals surface area contributed by atoms with Gasteiger partial charge in [0, 0.05) is 9.86 Å². The minimum absolute atomic E-state index is 0.271. The Kier molecular flexibility index (Phi) is 3.77. The average molecular weight is 316 g/mol. The summed E-state index contributed by atoms with van der Waals surface area (Å²) in [5.74, 6) is 5.39. The first-order chi connectivity index (χ1) is 8.56. The van der Waals surface area contributed by atoms with Crippen LogP contribution in [0.25, 0.3) is 10.9 Å². The molecule has 96 valence electrons. The van der Waals surface area contributed by atoms with Gasteiger partial charge in [-0.15, -0.1) is 0 Å². The number of benzene rings is 1. The highest BCUT2D eigenvalue weighted by Crippen LogP contribution is 2.31. The summed E-state index contributed by atoms with van der Waals surface area (Å²) >= 11 is 3.39. The van der Waals surface area contributed by atoms with Gasteiger partial charge in [0.15, 0.2) is 0 Å². The number of pyridine rings is 1. The van der Waals surface area contributed by atoms with Gasteiger partial charge in [-0.25, -0.2) is 13.8 Å². The van der Waals surface area contributed by atoms with Gasteiger partial charge in [0.25, 0.3) is 6.43 Å². The third-order valence-electron chi connectivity index (χ3n) is 2.74. The maximum atomic E-state index is 12.8. The number of alkyl halides is 2. The Morgan fingerprint density at radius 1 is 1.39 bits per heavy atom. The molecule has 0 atom stereocenters. The maximum Gasteiger partial charge on any atom is 0.280 e. The summed E-state index contributed by atoms with van der Waals surface area (Å²) in [6, 6.07) is 4.97. The van der Waals surface area contributed by atoms with Crippen LogP contribution in [0.2, 0.25) is 0 Å². The van der Waals surface area contributed by atoms with Crippen LogP contribution in [0.1, 0.15) is 24.6 Å². The molecule has 0 saturated carbocycles. The van der Waals surface area contributed by atoms with Gasteiger partial charge in [-0.1, -0.05) is 22.9 Å². The van der Waals surface area contributed by atoms with E-state index >= 15 is 0 Å². The Morgan fingerprint density at radius 3 is 2.67 bits per heavy atom. The van der Waals surface area contributed by atoms with Crippen molar-refractivity contribution in [3.63, 3.8) is 0 Å². The van der Waals surface area contributed by atoms with E-state index < -0.39 is 6.43 Å². The lowest BCUT2D eigenvalue weighted by atomic mass is 10.1. The van der Waals surface area contributed by atoms with Gasteiger partial charge in [-0.2, -0.15) is 0 Å². The van der Waals surface area contributed by atoms with Crippen molar-refractivity contribution in [3.8, 4) is 0 Å². The van der Waals surface area contributed by atoms with Crippen LogP contribution in [-0.4, -0.2) is 4.98 Å². The van der Waals surface area contributed by atoms with Crippen LogP contribution >= 0.6 is 15.9 Å². The number of nitrogen functional groups attached to an aromatic ring is 1. The van der Waals surface area contributed by atoms with Crippen LogP contribution in [0.3, 0.4) is 0 Å². The van der Waals surface area contributed by atoms with E-state index in [1.165, 1.54) is 6.07 Å². The van der Waals surface area contributed by atoms with Crippen molar-refractivity contribution in [2.75, 3.05) is 5.43 Å². The zero-order valence-electron chi connectivity index (χ0n) is 9.67. The molecule has 0 aliphatic rings. The van der Waals surface area contributed by atoms with Crippen LogP contribution in [0.15, 0.2) is 22.7 Å². The molecule has 3 nitrogen and oxygen atoms in total. The monoisotopic (exact) mass is 315 g/mol. The molecule has 6 heteroatoms. The molecule has 1 aromatic carbocycles. The third-order valence-corrected chi connectivity index (χ3v) is 3.19. The number of halogens is 3. The fourth-order valence-corrected chi connectivity index (χ4v) is 2.39. The molecule has 2 rings (SSSR count). The first kappa shape index (κ1) is 13.2. The Balaban J connectivity index is 2.82. The van der Waals surface area contributed by atoms with Crippen LogP contribution in [-0.2, 0) is 6.42 Å². The highest BCUT2D eigenvalue weighted by atomic mass is 79.9. The second-order valence-electron chi connectivity index (χ2n) is 3.85. The summed E-state index contributed by atoms with van der Waals surface area (Å²) in [5, 5.41) is 0.730. The number of nitrogens with one attached hydrogen (secondary N) is 1. The largest absolute Gasteiger partial charge is 0.323 e. The molecular formula is C12H12BrF2N3. The highest BCUT2D eigenvalue weighted by molar-refractivity contribution is 9.10. The zero-order chi connectivity index (χ0) is 13.3. The Morgan fingerprint density at radius 2 is 2.11 bits per heavy atom. The van der Waals surface area contributed by atoms with Crippen molar-refractivity contribution in [1.29, 1.82) is 0 Å². The fraction of sp³-hybridized carbons (Fsp3) is 0.250. The summed E-state index contributed by atoms with van der Waals surface area (Å²) in [4.78, 5) is 4.03. The molecule has 2 aromatic rings. The fourth-order valence-electron chi connectivity index (χ4n) is 1.88. The number of hydrazine groups is 1. The van der Waals surface area contributed by atoms with Crippen LogP contribution in [0.5, 0.6) is 0 Å². The van der Waals surface area contributed by atoms with Crippen LogP contribution < -0.4 is 11.3 Å². The van der Waals surface area contributed by atoms with E-state index in [1.54, 1.807) is 0 Å². The lowest BCUT2D eigenvalue weighted by molar-refractivity contribution is 0.146. The van der Waals surface area contributed by atoms with E-state index in [0.29, 0.717) is 17.6 Å². The summed E-state index contributed by atoms with van der Waals surface area (Å²) < 4.78 is 26.4. The zero-order valence-corrected chi connectivity index (χ0v) is 11.3. The van der Waals surface area contributed by atoms with Crippen molar-refractivity contribution in [3.05, 3.63) is 33.9 Å². The lowest BCUT2D eigenvalue weighted by Crippen LogP contribution is -2.09. The number of fused-ring (bicyclic) bond motifs is 1. The SMILES string of the molecule is CCc1cc(Br)cc2c(NN)cc(C(F)F)nc12. The Bertz CT molecular complexity index is 587. The summed E-state index contributed by atoms with van der Waals surface area (Å²) in [6.45, 7) is 1.95. The molecular weight excluding hydrogens is 304 g/mol. The number of aromatic nitrogens is 1. The third kappa shape index (κ3) is 2.30. The van der Waals surface area contributed by atoms with E-state index in [4.69, 9.17) is 5.84 Å². The second-order valence-corrected chi connectivity index (χ2v) is 4.77. The van der Waals surface area contributed by atoms with E-state index in [2.05, 4.69) is 26.3 Å². The molecule has 0 bridgehead atoms. The van der Waals surface area contributed by atoms with Crippen molar-refractivity contribution in [1.82, 2.24) is 4.98 Å². The quantitative estimate of drug-likeness (QED) is 0.669. The number of rotatable bonds is 3. The Labute approximate surface area is 111 Å². The Hall–Kier alpha value is -1.27. The van der Waals surface area contributed by atoms with E-state index in [9.17, 15) is 8.78 Å². The highest BCUT2D eigenvalue weighted by Gasteiger charge is 2.15. The second kappa shape index (κ2) is 5.16. The average Bonchev–Trinajstić information content (AvgIpc) is 2.36. The molecule has 0 radical (unpaired) electrons. The van der Waals surface area contributed by atoms with Gasteiger partial charge in [0.2, 0.25) is 0 Å². The number of nitrogens with zero attached hydrogens (tertiary/aromatic N) is 1. The van der Waals surface area contributed by atoms with Gasteiger partial charge in [-0.3, -0.25) is 5.84 Å². The predicted molar refractivity (Wildman–Crippen MR) is 71.6 cm³/mol. The molecule has 18 heavy (non-hydrogen) atoms. The van der Waals surface area contributed by atoms with Gasteiger partial charge in [0.05, 0.1) is 11.2 Å². The van der Waals surface area contributed by atoms with Gasteiger partial charge < -0.3 is 5.43 Å². The van der Waals surface area contributed by atoms with Crippen molar-refractivity contribution in [2.45, 2.75) is 19.8 Å². The molecule has 1 aromatic heterocycles. The van der Waals surface area contributed by atoms with Gasteiger partial charge in [-0.05, 0) is 30.2 Å². The minimum atomic E-state index is -2.62.